The predicted octanol–water partition coefficient (Wildman–Crippen LogP) is 2.29. The van der Waals surface area contributed by atoms with Crippen molar-refractivity contribution in [2.24, 2.45) is 5.92 Å². The van der Waals surface area contributed by atoms with E-state index in [1.165, 1.54) is 0 Å². The summed E-state index contributed by atoms with van der Waals surface area (Å²) in [6.07, 6.45) is 0.188. The highest BCUT2D eigenvalue weighted by Gasteiger charge is 2.34. The fourth-order valence-electron chi connectivity index (χ4n) is 1.24. The minimum atomic E-state index is -0.675. The van der Waals surface area contributed by atoms with Gasteiger partial charge in [-0.15, -0.1) is 0 Å². The van der Waals surface area contributed by atoms with Crippen LogP contribution in [0.2, 0.25) is 0 Å². The van der Waals surface area contributed by atoms with E-state index in [9.17, 15) is 9.90 Å². The fourth-order valence-corrected chi connectivity index (χ4v) is 1.24. The molecule has 1 N–H and O–H groups in total. The first-order valence-electron chi connectivity index (χ1n) is 5.29. The van der Waals surface area contributed by atoms with Gasteiger partial charge in [0.05, 0.1) is 6.10 Å². The Kier molecular flexibility index (Phi) is 5.01. The lowest BCUT2D eigenvalue weighted by atomic mass is 9.86. The highest BCUT2D eigenvalue weighted by molar-refractivity contribution is 5.87. The number of aliphatic hydroxyl groups is 1. The van der Waals surface area contributed by atoms with Crippen molar-refractivity contribution in [1.82, 2.24) is 0 Å². The third kappa shape index (κ3) is 4.04. The number of carbonyl (C=O) groups excluding carboxylic acids is 1. The number of ether oxygens (including phenoxy) is 1. The maximum Gasteiger partial charge on any atom is 0.333 e. The molecule has 88 valence electrons. The molecule has 0 saturated heterocycles. The van der Waals surface area contributed by atoms with Crippen molar-refractivity contribution in [3.05, 3.63) is 12.2 Å². The Balaban J connectivity index is 4.53. The molecule has 0 bridgehead atoms. The Morgan fingerprint density at radius 1 is 1.53 bits per heavy atom. The zero-order valence-corrected chi connectivity index (χ0v) is 10.3. The summed E-state index contributed by atoms with van der Waals surface area (Å²) in [5.41, 5.74) is -0.299. The number of aliphatic hydroxyl groups excluding tert-OH is 1. The molecule has 2 unspecified atom stereocenters. The lowest BCUT2D eigenvalue weighted by Gasteiger charge is -2.34. The molecule has 0 aliphatic rings. The van der Waals surface area contributed by atoms with Crippen molar-refractivity contribution >= 4 is 5.97 Å². The van der Waals surface area contributed by atoms with Crippen molar-refractivity contribution < 1.29 is 14.6 Å². The molecule has 0 rings (SSSR count). The third-order valence-corrected chi connectivity index (χ3v) is 2.80. The summed E-state index contributed by atoms with van der Waals surface area (Å²) in [5, 5.41) is 9.70. The van der Waals surface area contributed by atoms with Crippen molar-refractivity contribution in [2.75, 3.05) is 0 Å². The summed E-state index contributed by atoms with van der Waals surface area (Å²) >= 11 is 0. The van der Waals surface area contributed by atoms with Crippen molar-refractivity contribution in [3.8, 4) is 0 Å². The van der Waals surface area contributed by atoms with Crippen LogP contribution >= 0.6 is 0 Å². The summed E-state index contributed by atoms with van der Waals surface area (Å²) in [6.45, 7) is 12.5. The molecule has 15 heavy (non-hydrogen) atoms. The molecule has 0 aromatic rings. The zero-order chi connectivity index (χ0) is 12.2. The first kappa shape index (κ1) is 14.2. The Hall–Kier alpha value is -0.830. The maximum atomic E-state index is 11.4. The lowest BCUT2D eigenvalue weighted by molar-refractivity contribution is -0.160. The van der Waals surface area contributed by atoms with Crippen LogP contribution in [0.15, 0.2) is 12.2 Å². The van der Waals surface area contributed by atoms with Crippen LogP contribution in [0.4, 0.5) is 0 Å². The van der Waals surface area contributed by atoms with Gasteiger partial charge in [-0.2, -0.15) is 0 Å². The summed E-state index contributed by atoms with van der Waals surface area (Å²) in [7, 11) is 0. The Labute approximate surface area is 92.1 Å². The highest BCUT2D eigenvalue weighted by atomic mass is 16.6. The molecular weight excluding hydrogens is 192 g/mol. The fraction of sp³-hybridized carbons (Fsp3) is 0.750. The minimum absolute atomic E-state index is 0.106. The van der Waals surface area contributed by atoms with E-state index in [1.54, 1.807) is 20.8 Å². The van der Waals surface area contributed by atoms with Crippen LogP contribution < -0.4 is 0 Å². The largest absolute Gasteiger partial charge is 0.456 e. The van der Waals surface area contributed by atoms with E-state index in [2.05, 4.69) is 6.58 Å². The summed E-state index contributed by atoms with van der Waals surface area (Å²) in [6, 6.07) is 0. The predicted molar refractivity (Wildman–Crippen MR) is 60.4 cm³/mol. The molecule has 0 aromatic heterocycles. The smallest absolute Gasteiger partial charge is 0.333 e. The maximum absolute atomic E-state index is 11.4. The molecule has 0 amide bonds. The van der Waals surface area contributed by atoms with Gasteiger partial charge in [0, 0.05) is 11.5 Å². The van der Waals surface area contributed by atoms with Gasteiger partial charge in [0.2, 0.25) is 0 Å². The second kappa shape index (κ2) is 5.31. The van der Waals surface area contributed by atoms with E-state index in [0.29, 0.717) is 12.0 Å². The van der Waals surface area contributed by atoms with Gasteiger partial charge in [0.25, 0.3) is 0 Å². The lowest BCUT2D eigenvalue weighted by Crippen LogP contribution is -2.41. The van der Waals surface area contributed by atoms with E-state index in [1.807, 2.05) is 13.8 Å². The molecule has 0 aliphatic heterocycles. The molecular formula is C12H22O3. The van der Waals surface area contributed by atoms with Crippen LogP contribution in [-0.2, 0) is 9.53 Å². The van der Waals surface area contributed by atoms with Gasteiger partial charge in [-0.25, -0.2) is 4.79 Å². The first-order valence-corrected chi connectivity index (χ1v) is 5.29. The Bertz CT molecular complexity index is 243. The van der Waals surface area contributed by atoms with Crippen LogP contribution in [0.3, 0.4) is 0 Å². The number of hydrogen-bond acceptors (Lipinski definition) is 3. The van der Waals surface area contributed by atoms with Crippen LogP contribution in [0.5, 0.6) is 0 Å². The van der Waals surface area contributed by atoms with Gasteiger partial charge in [0.15, 0.2) is 0 Å². The molecule has 0 aliphatic carbocycles. The van der Waals surface area contributed by atoms with Crippen molar-refractivity contribution in [2.45, 2.75) is 52.7 Å². The monoisotopic (exact) mass is 214 g/mol. The molecule has 2 atom stereocenters. The molecule has 3 heteroatoms. The van der Waals surface area contributed by atoms with Crippen LogP contribution in [-0.4, -0.2) is 22.8 Å². The van der Waals surface area contributed by atoms with Crippen molar-refractivity contribution in [1.29, 1.82) is 0 Å². The number of carbonyl (C=O) groups is 1. The van der Waals surface area contributed by atoms with E-state index in [4.69, 9.17) is 4.74 Å². The second-order valence-corrected chi connectivity index (χ2v) is 4.54. The molecule has 0 radical (unpaired) electrons. The van der Waals surface area contributed by atoms with Crippen LogP contribution in [0.25, 0.3) is 0 Å². The van der Waals surface area contributed by atoms with Crippen LogP contribution in [0.1, 0.15) is 41.0 Å². The average molecular weight is 214 g/mol. The molecule has 0 saturated carbocycles. The van der Waals surface area contributed by atoms with E-state index < -0.39 is 17.7 Å². The van der Waals surface area contributed by atoms with Crippen molar-refractivity contribution in [3.63, 3.8) is 0 Å². The normalized spacial score (nSPS) is 15.6. The SMILES string of the molecule is C=C(C)C(=O)OC(C)(C)C(C)C(O)CC. The van der Waals surface area contributed by atoms with Gasteiger partial charge >= 0.3 is 5.97 Å². The summed E-state index contributed by atoms with van der Waals surface area (Å²) in [5.74, 6) is -0.513. The molecule has 0 fully saturated rings. The average Bonchev–Trinajstić information content (AvgIpc) is 2.14. The Morgan fingerprint density at radius 2 is 2.00 bits per heavy atom. The zero-order valence-electron chi connectivity index (χ0n) is 10.3. The standard InChI is InChI=1S/C12H22O3/c1-7-10(13)9(4)12(5,6)15-11(14)8(2)3/h9-10,13H,2,7H2,1,3-6H3. The van der Waals surface area contributed by atoms with Crippen LogP contribution in [0, 0.1) is 5.92 Å². The number of rotatable bonds is 5. The molecule has 0 spiro atoms. The van der Waals surface area contributed by atoms with E-state index in [0.717, 1.165) is 0 Å². The number of hydrogen-bond donors (Lipinski definition) is 1. The minimum Gasteiger partial charge on any atom is -0.456 e. The quantitative estimate of drug-likeness (QED) is 0.564. The summed E-state index contributed by atoms with van der Waals surface area (Å²) in [4.78, 5) is 11.4. The van der Waals surface area contributed by atoms with E-state index in [-0.39, 0.29) is 5.92 Å². The topological polar surface area (TPSA) is 46.5 Å². The summed E-state index contributed by atoms with van der Waals surface area (Å²) < 4.78 is 5.29. The second-order valence-electron chi connectivity index (χ2n) is 4.54. The molecule has 3 nitrogen and oxygen atoms in total. The highest BCUT2D eigenvalue weighted by Crippen LogP contribution is 2.26. The third-order valence-electron chi connectivity index (χ3n) is 2.80. The molecule has 0 heterocycles. The molecule has 0 aromatic carbocycles. The van der Waals surface area contributed by atoms with Gasteiger partial charge in [0.1, 0.15) is 5.60 Å². The van der Waals surface area contributed by atoms with Gasteiger partial charge in [-0.05, 0) is 27.2 Å². The number of esters is 1. The van der Waals surface area contributed by atoms with Gasteiger partial charge in [-0.1, -0.05) is 20.4 Å². The van der Waals surface area contributed by atoms with Gasteiger partial charge in [-0.3, -0.25) is 0 Å². The first-order chi connectivity index (χ1) is 6.72. The Morgan fingerprint density at radius 3 is 2.33 bits per heavy atom. The van der Waals surface area contributed by atoms with Gasteiger partial charge < -0.3 is 9.84 Å². The van der Waals surface area contributed by atoms with E-state index >= 15 is 0 Å².